The zero-order chi connectivity index (χ0) is 13.9. The van der Waals surface area contributed by atoms with Gasteiger partial charge in [-0.15, -0.1) is 11.3 Å². The van der Waals surface area contributed by atoms with Gasteiger partial charge in [0.1, 0.15) is 10.1 Å². The van der Waals surface area contributed by atoms with E-state index in [4.69, 9.17) is 0 Å². The third-order valence-corrected chi connectivity index (χ3v) is 4.44. The third kappa shape index (κ3) is 2.84. The van der Waals surface area contributed by atoms with E-state index in [2.05, 4.69) is 50.1 Å². The number of nitrogens with one attached hydrogen (secondary N) is 1. The summed E-state index contributed by atoms with van der Waals surface area (Å²) in [6.45, 7) is 5.07. The number of fused-ring (bicyclic) bond motifs is 1. The molecule has 0 saturated heterocycles. The van der Waals surface area contributed by atoms with E-state index < -0.39 is 0 Å². The van der Waals surface area contributed by atoms with Crippen LogP contribution in [0.3, 0.4) is 0 Å². The molecule has 3 aromatic rings. The number of imidazole rings is 1. The van der Waals surface area contributed by atoms with Gasteiger partial charge in [0.25, 0.3) is 0 Å². The zero-order valence-electron chi connectivity index (χ0n) is 11.3. The highest BCUT2D eigenvalue weighted by Crippen LogP contribution is 2.30. The quantitative estimate of drug-likeness (QED) is 0.785. The highest BCUT2D eigenvalue weighted by atomic mass is 32.2. The molecule has 0 aliphatic carbocycles. The zero-order valence-corrected chi connectivity index (χ0v) is 12.9. The van der Waals surface area contributed by atoms with Crippen molar-refractivity contribution in [1.29, 1.82) is 0 Å². The lowest BCUT2D eigenvalue weighted by molar-refractivity contribution is 0.574. The molecule has 0 unspecified atom stereocenters. The Bertz CT molecular complexity index is 689. The fourth-order valence-corrected chi connectivity index (χ4v) is 3.43. The number of hydrogen-bond donors (Lipinski definition) is 1. The predicted molar refractivity (Wildman–Crippen MR) is 81.2 cm³/mol. The van der Waals surface area contributed by atoms with Gasteiger partial charge in [-0.3, -0.25) is 9.38 Å². The van der Waals surface area contributed by atoms with Crippen molar-refractivity contribution < 1.29 is 0 Å². The molecule has 0 aromatic carbocycles. The molecule has 5 nitrogen and oxygen atoms in total. The highest BCUT2D eigenvalue weighted by Gasteiger charge is 2.15. The van der Waals surface area contributed by atoms with Crippen LogP contribution in [-0.4, -0.2) is 25.4 Å². The summed E-state index contributed by atoms with van der Waals surface area (Å²) in [5, 5.41) is 7.36. The molecule has 20 heavy (non-hydrogen) atoms. The van der Waals surface area contributed by atoms with Crippen LogP contribution in [0.1, 0.15) is 19.5 Å². The maximum Gasteiger partial charge on any atom is 0.194 e. The van der Waals surface area contributed by atoms with Gasteiger partial charge in [0.05, 0.1) is 11.9 Å². The van der Waals surface area contributed by atoms with Gasteiger partial charge in [-0.1, -0.05) is 13.8 Å². The van der Waals surface area contributed by atoms with Gasteiger partial charge in [0, 0.05) is 36.6 Å². The van der Waals surface area contributed by atoms with E-state index in [9.17, 15) is 0 Å². The van der Waals surface area contributed by atoms with E-state index in [1.165, 1.54) is 5.69 Å². The number of hydrogen-bond acceptors (Lipinski definition) is 6. The van der Waals surface area contributed by atoms with Crippen molar-refractivity contribution in [2.24, 2.45) is 0 Å². The Hall–Kier alpha value is -1.44. The lowest BCUT2D eigenvalue weighted by Gasteiger charge is -2.08. The van der Waals surface area contributed by atoms with Gasteiger partial charge in [-0.2, -0.15) is 0 Å². The summed E-state index contributed by atoms with van der Waals surface area (Å²) in [6, 6.07) is 0.438. The second kappa shape index (κ2) is 5.90. The monoisotopic (exact) mass is 305 g/mol. The Balaban J connectivity index is 1.92. The Labute approximate surface area is 125 Å². The number of rotatable bonds is 5. The molecule has 0 fully saturated rings. The smallest absolute Gasteiger partial charge is 0.194 e. The van der Waals surface area contributed by atoms with E-state index in [0.29, 0.717) is 6.04 Å². The number of nitrogens with zero attached hydrogens (tertiary/aromatic N) is 4. The first-order valence-corrected chi connectivity index (χ1v) is 8.05. The van der Waals surface area contributed by atoms with E-state index >= 15 is 0 Å². The van der Waals surface area contributed by atoms with Gasteiger partial charge >= 0.3 is 0 Å². The molecule has 0 spiro atoms. The molecule has 0 atom stereocenters. The summed E-state index contributed by atoms with van der Waals surface area (Å²) in [5.74, 6) is 0. The normalized spacial score (nSPS) is 11.6. The second-order valence-corrected chi connectivity index (χ2v) is 6.48. The maximum absolute atomic E-state index is 4.68. The largest absolute Gasteiger partial charge is 0.309 e. The van der Waals surface area contributed by atoms with Crippen LogP contribution in [0, 0.1) is 0 Å². The summed E-state index contributed by atoms with van der Waals surface area (Å²) in [6.07, 6.45) is 7.20. The van der Waals surface area contributed by atoms with Crippen LogP contribution in [-0.2, 0) is 6.54 Å². The predicted octanol–water partition coefficient (Wildman–Crippen LogP) is 2.84. The molecule has 0 amide bonds. The van der Waals surface area contributed by atoms with Crippen LogP contribution < -0.4 is 5.32 Å². The van der Waals surface area contributed by atoms with Crippen LogP contribution in [0.5, 0.6) is 0 Å². The van der Waals surface area contributed by atoms with E-state index in [-0.39, 0.29) is 0 Å². The summed E-state index contributed by atoms with van der Waals surface area (Å²) in [4.78, 5) is 14.1. The van der Waals surface area contributed by atoms with Crippen molar-refractivity contribution in [1.82, 2.24) is 24.7 Å². The van der Waals surface area contributed by atoms with Crippen molar-refractivity contribution in [2.75, 3.05) is 0 Å². The topological polar surface area (TPSA) is 55.1 Å². The molecule has 3 heterocycles. The van der Waals surface area contributed by atoms with Crippen LogP contribution >= 0.6 is 23.1 Å². The molecule has 104 valence electrons. The molecule has 3 rings (SSSR count). The summed E-state index contributed by atoms with van der Waals surface area (Å²) >= 11 is 3.20. The lowest BCUT2D eigenvalue weighted by atomic mass is 10.3. The summed E-state index contributed by atoms with van der Waals surface area (Å²) in [5.41, 5.74) is 1.17. The first-order valence-electron chi connectivity index (χ1n) is 6.35. The Morgan fingerprint density at radius 3 is 3.05 bits per heavy atom. The molecule has 7 heteroatoms. The van der Waals surface area contributed by atoms with Crippen molar-refractivity contribution in [3.63, 3.8) is 0 Å². The minimum absolute atomic E-state index is 0.438. The van der Waals surface area contributed by atoms with Crippen LogP contribution in [0.15, 0.2) is 40.2 Å². The van der Waals surface area contributed by atoms with Crippen molar-refractivity contribution in [2.45, 2.75) is 36.5 Å². The van der Waals surface area contributed by atoms with Crippen LogP contribution in [0.25, 0.3) is 4.96 Å². The van der Waals surface area contributed by atoms with Gasteiger partial charge in [0.15, 0.2) is 4.96 Å². The minimum atomic E-state index is 0.438. The Kier molecular flexibility index (Phi) is 4.00. The standard InChI is InChI=1S/C13H15N5S2/c1-9(2)16-7-10-12(17-13-18(10)5-6-19-13)20-11-8-14-3-4-15-11/h3-6,8-9,16H,7H2,1-2H3. The molecule has 0 aliphatic heterocycles. The van der Waals surface area contributed by atoms with Crippen LogP contribution in [0.2, 0.25) is 0 Å². The fourth-order valence-electron chi connectivity index (χ4n) is 1.79. The SMILES string of the molecule is CC(C)NCc1c(Sc2cnccn2)nc2sccn12. The minimum Gasteiger partial charge on any atom is -0.309 e. The van der Waals surface area contributed by atoms with Gasteiger partial charge < -0.3 is 5.32 Å². The Morgan fingerprint density at radius 2 is 2.30 bits per heavy atom. The summed E-state index contributed by atoms with van der Waals surface area (Å²) < 4.78 is 2.14. The molecule has 3 aromatic heterocycles. The molecule has 0 aliphatic rings. The lowest BCUT2D eigenvalue weighted by Crippen LogP contribution is -2.22. The Morgan fingerprint density at radius 1 is 1.40 bits per heavy atom. The average molecular weight is 305 g/mol. The summed E-state index contributed by atoms with van der Waals surface area (Å²) in [7, 11) is 0. The molecule has 0 saturated carbocycles. The van der Waals surface area contributed by atoms with E-state index in [1.807, 2.05) is 0 Å². The molecular weight excluding hydrogens is 290 g/mol. The third-order valence-electron chi connectivity index (χ3n) is 2.74. The molecule has 1 N–H and O–H groups in total. The first kappa shape index (κ1) is 13.5. The maximum atomic E-state index is 4.68. The molecular formula is C13H15N5S2. The molecule has 0 bridgehead atoms. The second-order valence-electron chi connectivity index (χ2n) is 4.60. The van der Waals surface area contributed by atoms with Gasteiger partial charge in [-0.05, 0) is 11.8 Å². The first-order chi connectivity index (χ1) is 9.74. The van der Waals surface area contributed by atoms with Gasteiger partial charge in [-0.25, -0.2) is 9.97 Å². The van der Waals surface area contributed by atoms with Crippen molar-refractivity contribution >= 4 is 28.1 Å². The van der Waals surface area contributed by atoms with E-state index in [1.54, 1.807) is 41.7 Å². The average Bonchev–Trinajstić information content (AvgIpc) is 2.99. The number of thiazole rings is 1. The van der Waals surface area contributed by atoms with Crippen LogP contribution in [0.4, 0.5) is 0 Å². The fraction of sp³-hybridized carbons (Fsp3) is 0.308. The highest BCUT2D eigenvalue weighted by molar-refractivity contribution is 7.99. The molecule has 0 radical (unpaired) electrons. The van der Waals surface area contributed by atoms with E-state index in [0.717, 1.165) is 21.6 Å². The number of aromatic nitrogens is 4. The van der Waals surface area contributed by atoms with Crippen molar-refractivity contribution in [3.05, 3.63) is 35.9 Å². The van der Waals surface area contributed by atoms with Gasteiger partial charge in [0.2, 0.25) is 0 Å². The van der Waals surface area contributed by atoms with Crippen molar-refractivity contribution in [3.8, 4) is 0 Å².